The zero-order valence-electron chi connectivity index (χ0n) is 24.7. The van der Waals surface area contributed by atoms with E-state index in [2.05, 4.69) is 4.90 Å². The smallest absolute Gasteiger partial charge is 0.339 e. The number of carboxylic acids is 2. The average Bonchev–Trinajstić information content (AvgIpc) is 2.92. The molecule has 0 amide bonds. The first kappa shape index (κ1) is 33.0. The van der Waals surface area contributed by atoms with Crippen LogP contribution in [0.25, 0.3) is 5.57 Å². The second kappa shape index (κ2) is 16.8. The van der Waals surface area contributed by atoms with Crippen LogP contribution in [0.4, 0.5) is 0 Å². The van der Waals surface area contributed by atoms with E-state index in [1.165, 1.54) is 0 Å². The van der Waals surface area contributed by atoms with E-state index in [0.717, 1.165) is 62.0 Å². The number of nitrogens with zero attached hydrogens (tertiary/aromatic N) is 1. The van der Waals surface area contributed by atoms with E-state index in [-0.39, 0.29) is 42.7 Å². The van der Waals surface area contributed by atoms with Gasteiger partial charge >= 0.3 is 11.9 Å². The van der Waals surface area contributed by atoms with Crippen molar-refractivity contribution >= 4 is 17.5 Å². The van der Waals surface area contributed by atoms with Gasteiger partial charge in [-0.1, -0.05) is 17.7 Å². The Morgan fingerprint density at radius 1 is 0.780 bits per heavy atom. The number of aryl methyl sites for hydroxylation is 3. The van der Waals surface area contributed by atoms with E-state index >= 15 is 0 Å². The second-order valence-corrected chi connectivity index (χ2v) is 11.2. The molecule has 1 aliphatic carbocycles. The number of carbonyl (C=O) groups is 2. The van der Waals surface area contributed by atoms with Gasteiger partial charge < -0.3 is 39.2 Å². The highest BCUT2D eigenvalue weighted by Crippen LogP contribution is 2.36. The van der Waals surface area contributed by atoms with E-state index in [1.54, 1.807) is 0 Å². The minimum atomic E-state index is -1.08. The SMILES string of the molecule is Cc1cc(C)c(/C(C(=O)O)=C(\O)C2CCC(OC3CCN(CCOCCOCCOCC(=O)O)CC3)CC2)c(C)c1. The first-order valence-corrected chi connectivity index (χ1v) is 14.7. The van der Waals surface area contributed by atoms with Crippen molar-refractivity contribution in [2.75, 3.05) is 59.3 Å². The van der Waals surface area contributed by atoms with Gasteiger partial charge in [0.1, 0.15) is 17.9 Å². The normalized spacial score (nSPS) is 21.0. The number of benzene rings is 1. The minimum Gasteiger partial charge on any atom is -0.511 e. The average molecular weight is 578 g/mol. The Bertz CT molecular complexity index is 1000. The zero-order valence-corrected chi connectivity index (χ0v) is 24.7. The van der Waals surface area contributed by atoms with E-state index < -0.39 is 11.9 Å². The summed E-state index contributed by atoms with van der Waals surface area (Å²) in [4.78, 5) is 25.0. The monoisotopic (exact) mass is 577 g/mol. The Balaban J connectivity index is 1.33. The van der Waals surface area contributed by atoms with Gasteiger partial charge in [0.25, 0.3) is 0 Å². The summed E-state index contributed by atoms with van der Waals surface area (Å²) in [5.74, 6) is -2.24. The van der Waals surface area contributed by atoms with Crippen LogP contribution >= 0.6 is 0 Å². The van der Waals surface area contributed by atoms with Gasteiger partial charge in [-0.3, -0.25) is 0 Å². The molecule has 0 aromatic heterocycles. The quantitative estimate of drug-likeness (QED) is 0.149. The third-order valence-electron chi connectivity index (χ3n) is 7.90. The van der Waals surface area contributed by atoms with Crippen molar-refractivity contribution in [1.82, 2.24) is 4.90 Å². The molecule has 3 rings (SSSR count). The summed E-state index contributed by atoms with van der Waals surface area (Å²) in [6.07, 6.45) is 5.37. The number of rotatable bonds is 16. The third kappa shape index (κ3) is 10.7. The molecule has 2 aliphatic rings. The number of hydrogen-bond donors (Lipinski definition) is 3. The maximum Gasteiger partial charge on any atom is 0.339 e. The van der Waals surface area contributed by atoms with Crippen molar-refractivity contribution in [2.45, 2.75) is 71.5 Å². The summed E-state index contributed by atoms with van der Waals surface area (Å²) in [5, 5.41) is 29.6. The number of likely N-dealkylation sites (tertiary alicyclic amines) is 1. The molecule has 41 heavy (non-hydrogen) atoms. The van der Waals surface area contributed by atoms with Crippen molar-refractivity contribution < 1.29 is 43.9 Å². The number of aliphatic hydroxyl groups is 1. The summed E-state index contributed by atoms with van der Waals surface area (Å²) in [6.45, 7) is 10.4. The van der Waals surface area contributed by atoms with Gasteiger partial charge in [-0.05, 0) is 76.0 Å². The molecule has 1 aromatic rings. The molecule has 2 fully saturated rings. The molecule has 0 bridgehead atoms. The lowest BCUT2D eigenvalue weighted by atomic mass is 9.82. The van der Waals surface area contributed by atoms with Gasteiger partial charge in [-0.25, -0.2) is 9.59 Å². The molecule has 10 heteroatoms. The van der Waals surface area contributed by atoms with Gasteiger partial charge in [-0.2, -0.15) is 0 Å². The Hall–Kier alpha value is -2.50. The first-order valence-electron chi connectivity index (χ1n) is 14.7. The molecular formula is C31H47NO9. The number of aliphatic hydroxyl groups excluding tert-OH is 1. The predicted molar refractivity (Wildman–Crippen MR) is 154 cm³/mol. The van der Waals surface area contributed by atoms with Gasteiger partial charge in [0.15, 0.2) is 0 Å². The van der Waals surface area contributed by atoms with Crippen LogP contribution in [-0.2, 0) is 28.5 Å². The van der Waals surface area contributed by atoms with Crippen molar-refractivity contribution in [3.8, 4) is 0 Å². The van der Waals surface area contributed by atoms with Crippen LogP contribution in [0.3, 0.4) is 0 Å². The van der Waals surface area contributed by atoms with Crippen LogP contribution in [0.5, 0.6) is 0 Å². The van der Waals surface area contributed by atoms with Gasteiger partial charge in [-0.15, -0.1) is 0 Å². The molecule has 0 unspecified atom stereocenters. The number of carboxylic acid groups (broad SMARTS) is 2. The highest BCUT2D eigenvalue weighted by atomic mass is 16.5. The highest BCUT2D eigenvalue weighted by Gasteiger charge is 2.31. The third-order valence-corrected chi connectivity index (χ3v) is 7.90. The van der Waals surface area contributed by atoms with E-state index in [9.17, 15) is 19.8 Å². The zero-order chi connectivity index (χ0) is 29.8. The Morgan fingerprint density at radius 3 is 1.88 bits per heavy atom. The second-order valence-electron chi connectivity index (χ2n) is 11.2. The van der Waals surface area contributed by atoms with Crippen molar-refractivity contribution in [3.63, 3.8) is 0 Å². The number of hydrogen-bond acceptors (Lipinski definition) is 8. The lowest BCUT2D eigenvalue weighted by molar-refractivity contribution is -0.142. The Kier molecular flexibility index (Phi) is 13.5. The van der Waals surface area contributed by atoms with Gasteiger partial charge in [0.05, 0.1) is 45.2 Å². The molecule has 1 saturated carbocycles. The molecule has 0 spiro atoms. The molecule has 10 nitrogen and oxygen atoms in total. The minimum absolute atomic E-state index is 0.00199. The van der Waals surface area contributed by atoms with E-state index in [0.29, 0.717) is 44.8 Å². The molecule has 3 N–H and O–H groups in total. The molecule has 1 heterocycles. The molecule has 0 radical (unpaired) electrons. The van der Waals surface area contributed by atoms with E-state index in [4.69, 9.17) is 24.1 Å². The number of ether oxygens (including phenoxy) is 4. The summed E-state index contributed by atoms with van der Waals surface area (Å²) < 4.78 is 22.3. The fourth-order valence-corrected chi connectivity index (χ4v) is 5.93. The first-order chi connectivity index (χ1) is 19.7. The molecular weight excluding hydrogens is 530 g/mol. The molecule has 1 aliphatic heterocycles. The number of allylic oxidation sites excluding steroid dienone is 1. The molecule has 1 aromatic carbocycles. The summed E-state index contributed by atoms with van der Waals surface area (Å²) >= 11 is 0. The van der Waals surface area contributed by atoms with Crippen molar-refractivity contribution in [3.05, 3.63) is 40.1 Å². The van der Waals surface area contributed by atoms with Crippen LogP contribution < -0.4 is 0 Å². The van der Waals surface area contributed by atoms with Crippen molar-refractivity contribution in [1.29, 1.82) is 0 Å². The standard InChI is InChI=1S/C31H47NO9/c1-21-18-22(2)28(23(3)19-21)29(31(36)37)30(35)24-4-6-25(7-5-24)41-26-8-10-32(11-9-26)12-13-38-14-15-39-16-17-40-20-27(33)34/h18-19,24-26,35H,4-17,20H2,1-3H3,(H,33,34)(H,36,37)/b30-29+. The van der Waals surface area contributed by atoms with Crippen LogP contribution in [0.2, 0.25) is 0 Å². The lowest BCUT2D eigenvalue weighted by Gasteiger charge is -2.36. The van der Waals surface area contributed by atoms with Crippen LogP contribution in [0.1, 0.15) is 60.8 Å². The van der Waals surface area contributed by atoms with Crippen LogP contribution in [0, 0.1) is 26.7 Å². The largest absolute Gasteiger partial charge is 0.511 e. The summed E-state index contributed by atoms with van der Waals surface area (Å²) in [5.41, 5.74) is 3.48. The van der Waals surface area contributed by atoms with Gasteiger partial charge in [0, 0.05) is 25.6 Å². The Labute approximate surface area is 243 Å². The number of piperidine rings is 1. The number of aliphatic carboxylic acids is 2. The van der Waals surface area contributed by atoms with E-state index in [1.807, 2.05) is 32.9 Å². The molecule has 230 valence electrons. The summed E-state index contributed by atoms with van der Waals surface area (Å²) in [7, 11) is 0. The van der Waals surface area contributed by atoms with Crippen molar-refractivity contribution in [2.24, 2.45) is 5.92 Å². The van der Waals surface area contributed by atoms with Crippen LogP contribution in [0.15, 0.2) is 17.9 Å². The van der Waals surface area contributed by atoms with Gasteiger partial charge in [0.2, 0.25) is 0 Å². The predicted octanol–water partition coefficient (Wildman–Crippen LogP) is 4.14. The molecule has 1 saturated heterocycles. The fraction of sp³-hybridized carbons (Fsp3) is 0.677. The molecule has 0 atom stereocenters. The summed E-state index contributed by atoms with van der Waals surface area (Å²) in [6, 6.07) is 3.93. The maximum absolute atomic E-state index is 12.2. The highest BCUT2D eigenvalue weighted by molar-refractivity contribution is 6.17. The fourth-order valence-electron chi connectivity index (χ4n) is 5.93. The lowest BCUT2D eigenvalue weighted by Crippen LogP contribution is -2.40. The van der Waals surface area contributed by atoms with Crippen LogP contribution in [-0.4, -0.2) is 104 Å². The Morgan fingerprint density at radius 2 is 1.32 bits per heavy atom. The maximum atomic E-state index is 12.2. The topological polar surface area (TPSA) is 135 Å².